The summed E-state index contributed by atoms with van der Waals surface area (Å²) >= 11 is 0. The van der Waals surface area contributed by atoms with Crippen LogP contribution >= 0.6 is 0 Å². The maximum atomic E-state index is 12.1. The van der Waals surface area contributed by atoms with Crippen LogP contribution in [0.3, 0.4) is 0 Å². The molecule has 0 aromatic heterocycles. The van der Waals surface area contributed by atoms with Gasteiger partial charge in [-0.3, -0.25) is 4.79 Å². The van der Waals surface area contributed by atoms with Gasteiger partial charge in [0.15, 0.2) is 0 Å². The number of hydrogen-bond acceptors (Lipinski definition) is 4. The molecule has 6 heteroatoms. The summed E-state index contributed by atoms with van der Waals surface area (Å²) in [6.45, 7) is 0. The van der Waals surface area contributed by atoms with Crippen molar-refractivity contribution in [1.82, 2.24) is 0 Å². The van der Waals surface area contributed by atoms with Crippen LogP contribution in [0.4, 0.5) is 11.4 Å². The van der Waals surface area contributed by atoms with E-state index in [4.69, 9.17) is 0 Å². The van der Waals surface area contributed by atoms with Crippen molar-refractivity contribution in [3.05, 3.63) is 59.7 Å². The van der Waals surface area contributed by atoms with Gasteiger partial charge in [-0.05, 0) is 23.3 Å². The molecule has 5 nitrogen and oxygen atoms in total. The minimum absolute atomic E-state index is 0.681. The number of nitrogens with zero attached hydrogens (tertiary/aromatic N) is 1. The molecule has 20 heavy (non-hydrogen) atoms. The third-order valence-corrected chi connectivity index (χ3v) is 3.55. The Kier molecular flexibility index (Phi) is 3.08. The summed E-state index contributed by atoms with van der Waals surface area (Å²) in [5, 5.41) is 3.23. The van der Waals surface area contributed by atoms with E-state index in [2.05, 4.69) is 9.68 Å². The third-order valence-electron chi connectivity index (χ3n) is 3.22. The Labute approximate surface area is 117 Å². The highest BCUT2D eigenvalue weighted by molar-refractivity contribution is 7.62. The molecular weight excluding hydrogens is 276 g/mol. The van der Waals surface area contributed by atoms with Crippen LogP contribution in [0.1, 0.15) is 17.0 Å². The fraction of sp³-hybridized carbons (Fsp3) is 0.0714. The van der Waals surface area contributed by atoms with E-state index >= 15 is 0 Å². The maximum absolute atomic E-state index is 12.1. The Morgan fingerprint density at radius 3 is 1.95 bits per heavy atom. The van der Waals surface area contributed by atoms with E-state index in [1.165, 1.54) is 0 Å². The van der Waals surface area contributed by atoms with Crippen LogP contribution in [0.15, 0.2) is 52.9 Å². The zero-order valence-corrected chi connectivity index (χ0v) is 11.1. The van der Waals surface area contributed by atoms with Gasteiger partial charge in [0.2, 0.25) is 0 Å². The van der Waals surface area contributed by atoms with Crippen molar-refractivity contribution in [1.29, 1.82) is 0 Å². The lowest BCUT2D eigenvalue weighted by Gasteiger charge is -2.26. The second-order valence-electron chi connectivity index (χ2n) is 4.38. The summed E-state index contributed by atoms with van der Waals surface area (Å²) in [6, 6.07) is 14.6. The van der Waals surface area contributed by atoms with Crippen LogP contribution in [-0.4, -0.2) is 14.3 Å². The van der Waals surface area contributed by atoms with E-state index in [0.717, 1.165) is 22.5 Å². The smallest absolute Gasteiger partial charge is 0.319 e. The van der Waals surface area contributed by atoms with Crippen LogP contribution in [0.2, 0.25) is 0 Å². The number of nitrogens with one attached hydrogen (secondary N) is 1. The lowest BCUT2D eigenvalue weighted by atomic mass is 9.85. The van der Waals surface area contributed by atoms with Crippen molar-refractivity contribution in [2.45, 2.75) is 5.92 Å². The molecule has 2 aromatic carbocycles. The first-order valence-electron chi connectivity index (χ1n) is 5.96. The van der Waals surface area contributed by atoms with E-state index in [1.807, 2.05) is 36.4 Å². The first-order valence-corrected chi connectivity index (χ1v) is 7.00. The molecule has 0 bridgehead atoms. The van der Waals surface area contributed by atoms with E-state index in [1.54, 1.807) is 12.1 Å². The van der Waals surface area contributed by atoms with Crippen molar-refractivity contribution in [2.75, 3.05) is 5.32 Å². The third kappa shape index (κ3) is 2.10. The first-order chi connectivity index (χ1) is 9.66. The quantitative estimate of drug-likeness (QED) is 0.873. The molecule has 100 valence electrons. The van der Waals surface area contributed by atoms with Crippen molar-refractivity contribution >= 4 is 27.8 Å². The number of anilines is 2. The van der Waals surface area contributed by atoms with Gasteiger partial charge in [-0.1, -0.05) is 40.8 Å². The molecule has 1 amide bonds. The Hall–Kier alpha value is -2.47. The second kappa shape index (κ2) is 4.90. The van der Waals surface area contributed by atoms with Gasteiger partial charge in [0, 0.05) is 11.4 Å². The Morgan fingerprint density at radius 1 is 0.950 bits per heavy atom. The van der Waals surface area contributed by atoms with Gasteiger partial charge in [-0.25, -0.2) is 0 Å². The molecule has 2 aromatic rings. The molecule has 1 aliphatic rings. The Bertz CT molecular complexity index is 774. The van der Waals surface area contributed by atoms with E-state index < -0.39 is 22.3 Å². The standard InChI is InChI=1S/C14H10N2O3S/c17-14(16-20(18)19)13-9-5-1-3-7-11(9)15-12-8-4-2-6-10(12)13/h1-8,13,15H. The van der Waals surface area contributed by atoms with E-state index in [0.29, 0.717) is 0 Å². The first kappa shape index (κ1) is 12.6. The summed E-state index contributed by atoms with van der Waals surface area (Å²) in [7, 11) is -2.75. The minimum atomic E-state index is -2.75. The van der Waals surface area contributed by atoms with Gasteiger partial charge >= 0.3 is 10.5 Å². The lowest BCUT2D eigenvalue weighted by Crippen LogP contribution is -2.19. The van der Waals surface area contributed by atoms with Gasteiger partial charge in [-0.15, -0.1) is 0 Å². The molecule has 0 saturated heterocycles. The van der Waals surface area contributed by atoms with Gasteiger partial charge in [0.25, 0.3) is 5.91 Å². The van der Waals surface area contributed by atoms with Crippen molar-refractivity contribution < 1.29 is 13.2 Å². The summed E-state index contributed by atoms with van der Waals surface area (Å²) < 4.78 is 24.5. The van der Waals surface area contributed by atoms with Gasteiger partial charge < -0.3 is 5.32 Å². The fourth-order valence-corrected chi connectivity index (χ4v) is 2.68. The molecule has 0 unspecified atom stereocenters. The van der Waals surface area contributed by atoms with Crippen LogP contribution in [0.5, 0.6) is 0 Å². The maximum Gasteiger partial charge on any atom is 0.319 e. The van der Waals surface area contributed by atoms with Crippen molar-refractivity contribution in [2.24, 2.45) is 4.36 Å². The highest BCUT2D eigenvalue weighted by Gasteiger charge is 2.30. The second-order valence-corrected chi connectivity index (χ2v) is 5.00. The predicted molar refractivity (Wildman–Crippen MR) is 74.4 cm³/mol. The number of para-hydroxylation sites is 2. The highest BCUT2D eigenvalue weighted by Crippen LogP contribution is 2.41. The van der Waals surface area contributed by atoms with Crippen LogP contribution < -0.4 is 5.32 Å². The number of carbonyl (C=O) groups is 1. The molecule has 1 N–H and O–H groups in total. The minimum Gasteiger partial charge on any atom is -0.355 e. The molecule has 1 heterocycles. The molecule has 0 radical (unpaired) electrons. The largest absolute Gasteiger partial charge is 0.355 e. The Morgan fingerprint density at radius 2 is 1.45 bits per heavy atom. The molecule has 0 spiro atoms. The summed E-state index contributed by atoms with van der Waals surface area (Å²) in [6.07, 6.45) is 0. The number of carbonyl (C=O) groups excluding carboxylic acids is 1. The SMILES string of the molecule is O=C(N=S(=O)=O)C1c2ccccc2Nc2ccccc21. The Balaban J connectivity index is 2.22. The van der Waals surface area contributed by atoms with Crippen molar-refractivity contribution in [3.63, 3.8) is 0 Å². The van der Waals surface area contributed by atoms with Gasteiger partial charge in [0.1, 0.15) is 0 Å². The molecule has 1 aliphatic heterocycles. The van der Waals surface area contributed by atoms with Gasteiger partial charge in [-0.2, -0.15) is 8.42 Å². The lowest BCUT2D eigenvalue weighted by molar-refractivity contribution is -0.118. The monoisotopic (exact) mass is 286 g/mol. The predicted octanol–water partition coefficient (Wildman–Crippen LogP) is 2.46. The zero-order chi connectivity index (χ0) is 14.1. The molecule has 3 rings (SSSR count). The zero-order valence-electron chi connectivity index (χ0n) is 10.3. The number of amides is 1. The van der Waals surface area contributed by atoms with E-state index in [-0.39, 0.29) is 0 Å². The molecule has 0 fully saturated rings. The fourth-order valence-electron chi connectivity index (χ4n) is 2.43. The summed E-state index contributed by atoms with van der Waals surface area (Å²) in [4.78, 5) is 12.1. The normalized spacial score (nSPS) is 12.8. The van der Waals surface area contributed by atoms with Crippen LogP contribution in [0.25, 0.3) is 0 Å². The highest BCUT2D eigenvalue weighted by atomic mass is 32.2. The number of benzene rings is 2. The molecule has 0 atom stereocenters. The van der Waals surface area contributed by atoms with Crippen LogP contribution in [0, 0.1) is 0 Å². The number of hydrogen-bond donors (Lipinski definition) is 1. The van der Waals surface area contributed by atoms with Crippen molar-refractivity contribution in [3.8, 4) is 0 Å². The van der Waals surface area contributed by atoms with Gasteiger partial charge in [0.05, 0.1) is 5.92 Å². The average molecular weight is 286 g/mol. The summed E-state index contributed by atoms with van der Waals surface area (Å²) in [5.74, 6) is -1.37. The van der Waals surface area contributed by atoms with E-state index in [9.17, 15) is 13.2 Å². The van der Waals surface area contributed by atoms with Crippen LogP contribution in [-0.2, 0) is 15.3 Å². The molecular formula is C14H10N2O3S. The molecule has 0 saturated carbocycles. The number of rotatable bonds is 1. The summed E-state index contributed by atoms with van der Waals surface area (Å²) in [5.41, 5.74) is 3.03. The topological polar surface area (TPSA) is 75.6 Å². The molecule has 0 aliphatic carbocycles. The average Bonchev–Trinajstić information content (AvgIpc) is 2.43. The number of fused-ring (bicyclic) bond motifs is 2.